The maximum absolute atomic E-state index is 13.5. The van der Waals surface area contributed by atoms with Gasteiger partial charge in [-0.05, 0) is 56.9 Å². The predicted molar refractivity (Wildman–Crippen MR) is 174 cm³/mol. The summed E-state index contributed by atoms with van der Waals surface area (Å²) in [6, 6.07) is 37.6. The minimum absolute atomic E-state index is 0.134. The second-order valence-corrected chi connectivity index (χ2v) is 11.6. The number of hydrogen-bond acceptors (Lipinski definition) is 4. The molecule has 0 aliphatic heterocycles. The Morgan fingerprint density at radius 3 is 1.73 bits per heavy atom. The molecular formula is C37H39N3O4. The number of hydroxylamine groups is 1. The first kappa shape index (κ1) is 30.6. The first-order chi connectivity index (χ1) is 21.2. The summed E-state index contributed by atoms with van der Waals surface area (Å²) in [5.74, 6) is 0.345. The highest BCUT2D eigenvalue weighted by Crippen LogP contribution is 2.40. The third kappa shape index (κ3) is 6.53. The molecule has 0 atom stereocenters. The van der Waals surface area contributed by atoms with Crippen LogP contribution < -0.4 is 10.8 Å². The Morgan fingerprint density at radius 2 is 1.23 bits per heavy atom. The van der Waals surface area contributed by atoms with Gasteiger partial charge in [-0.2, -0.15) is 0 Å². The molecule has 0 fully saturated rings. The molecular weight excluding hydrogens is 550 g/mol. The molecule has 0 spiro atoms. The average Bonchev–Trinajstić information content (AvgIpc) is 3.32. The van der Waals surface area contributed by atoms with Crippen molar-refractivity contribution in [2.45, 2.75) is 58.3 Å². The Hall–Kier alpha value is -4.88. The van der Waals surface area contributed by atoms with E-state index < -0.39 is 17.3 Å². The number of carbonyl (C=O) groups excluding carboxylic acids is 2. The van der Waals surface area contributed by atoms with Crippen molar-refractivity contribution in [2.24, 2.45) is 0 Å². The number of ether oxygens (including phenoxy) is 1. The van der Waals surface area contributed by atoms with Crippen LogP contribution in [0, 0.1) is 0 Å². The molecule has 2 N–H and O–H groups in total. The zero-order valence-electron chi connectivity index (χ0n) is 25.7. The van der Waals surface area contributed by atoms with Gasteiger partial charge in [0.15, 0.2) is 5.60 Å². The van der Waals surface area contributed by atoms with Gasteiger partial charge in [0.25, 0.3) is 0 Å². The number of amides is 2. The Morgan fingerprint density at radius 1 is 0.727 bits per heavy atom. The number of rotatable bonds is 10. The Labute approximate surface area is 258 Å². The van der Waals surface area contributed by atoms with E-state index in [1.165, 1.54) is 0 Å². The summed E-state index contributed by atoms with van der Waals surface area (Å²) >= 11 is 0. The number of aromatic nitrogens is 1. The van der Waals surface area contributed by atoms with Crippen LogP contribution in [-0.2, 0) is 32.9 Å². The number of fused-ring (bicyclic) bond motifs is 1. The highest BCUT2D eigenvalue weighted by Gasteiger charge is 2.39. The summed E-state index contributed by atoms with van der Waals surface area (Å²) in [6.07, 6.45) is -0.0275. The van der Waals surface area contributed by atoms with Crippen LogP contribution in [0.25, 0.3) is 10.9 Å². The molecule has 1 aromatic heterocycles. The summed E-state index contributed by atoms with van der Waals surface area (Å²) in [7, 11) is 0. The van der Waals surface area contributed by atoms with Crippen LogP contribution in [0.2, 0.25) is 0 Å². The van der Waals surface area contributed by atoms with Crippen molar-refractivity contribution in [2.75, 3.05) is 5.32 Å². The molecule has 0 bridgehead atoms. The smallest absolute Gasteiger partial charge is 0.413 e. The van der Waals surface area contributed by atoms with Gasteiger partial charge in [0.2, 0.25) is 5.91 Å². The molecule has 0 aliphatic carbocycles. The summed E-state index contributed by atoms with van der Waals surface area (Å²) < 4.78 is 7.59. The first-order valence-electron chi connectivity index (χ1n) is 15.0. The second kappa shape index (κ2) is 13.2. The molecule has 1 heterocycles. The number of aryl methyl sites for hydroxylation is 2. The van der Waals surface area contributed by atoms with Gasteiger partial charge in [0.1, 0.15) is 11.4 Å². The number of anilines is 1. The van der Waals surface area contributed by atoms with Crippen LogP contribution in [0.4, 0.5) is 10.6 Å². The fourth-order valence-electron chi connectivity index (χ4n) is 5.62. The summed E-state index contributed by atoms with van der Waals surface area (Å²) in [5, 5.41) is 3.93. The normalized spacial score (nSPS) is 11.7. The molecule has 226 valence electrons. The van der Waals surface area contributed by atoms with Crippen LogP contribution in [0.15, 0.2) is 115 Å². The lowest BCUT2D eigenvalue weighted by Crippen LogP contribution is -2.40. The van der Waals surface area contributed by atoms with Gasteiger partial charge in [0, 0.05) is 29.4 Å². The van der Waals surface area contributed by atoms with Crippen molar-refractivity contribution in [3.05, 3.63) is 138 Å². The van der Waals surface area contributed by atoms with E-state index in [1.54, 1.807) is 0 Å². The minimum atomic E-state index is -1.08. The second-order valence-electron chi connectivity index (χ2n) is 11.6. The lowest BCUT2D eigenvalue weighted by molar-refractivity contribution is -0.143. The van der Waals surface area contributed by atoms with Crippen molar-refractivity contribution in [1.82, 2.24) is 10.0 Å². The van der Waals surface area contributed by atoms with Crippen LogP contribution in [0.3, 0.4) is 0 Å². The molecule has 0 aliphatic rings. The third-order valence-electron chi connectivity index (χ3n) is 7.47. The fourth-order valence-corrected chi connectivity index (χ4v) is 5.62. The van der Waals surface area contributed by atoms with Gasteiger partial charge in [-0.3, -0.25) is 14.9 Å². The van der Waals surface area contributed by atoms with E-state index in [4.69, 9.17) is 9.57 Å². The van der Waals surface area contributed by atoms with E-state index in [0.29, 0.717) is 18.8 Å². The molecule has 0 radical (unpaired) electrons. The van der Waals surface area contributed by atoms with Gasteiger partial charge < -0.3 is 9.30 Å². The summed E-state index contributed by atoms with van der Waals surface area (Å²) in [4.78, 5) is 32.9. The van der Waals surface area contributed by atoms with Crippen LogP contribution in [0.1, 0.15) is 56.4 Å². The maximum atomic E-state index is 13.5. The zero-order valence-corrected chi connectivity index (χ0v) is 25.7. The predicted octanol–water partition coefficient (Wildman–Crippen LogP) is 7.98. The molecule has 7 nitrogen and oxygen atoms in total. The van der Waals surface area contributed by atoms with E-state index >= 15 is 0 Å². The Kier molecular flexibility index (Phi) is 9.16. The van der Waals surface area contributed by atoms with Crippen molar-refractivity contribution in [3.8, 4) is 0 Å². The third-order valence-corrected chi connectivity index (χ3v) is 7.47. The molecule has 5 rings (SSSR count). The molecule has 44 heavy (non-hydrogen) atoms. The number of nitrogens with one attached hydrogen (secondary N) is 2. The molecule has 0 unspecified atom stereocenters. The zero-order chi connectivity index (χ0) is 31.2. The number of nitrogens with zero attached hydrogens (tertiary/aromatic N) is 1. The van der Waals surface area contributed by atoms with E-state index in [9.17, 15) is 9.59 Å². The largest absolute Gasteiger partial charge is 0.444 e. The Bertz CT molecular complexity index is 1610. The minimum Gasteiger partial charge on any atom is -0.444 e. The number of para-hydroxylation sites is 1. The number of carbonyl (C=O) groups is 2. The van der Waals surface area contributed by atoms with E-state index in [-0.39, 0.29) is 12.3 Å². The Balaban J connectivity index is 1.44. The topological polar surface area (TPSA) is 81.6 Å². The van der Waals surface area contributed by atoms with E-state index in [2.05, 4.69) is 10.8 Å². The lowest BCUT2D eigenvalue weighted by Gasteiger charge is -2.35. The first-order valence-corrected chi connectivity index (χ1v) is 15.0. The van der Waals surface area contributed by atoms with Gasteiger partial charge in [0.05, 0.1) is 0 Å². The lowest BCUT2D eigenvalue weighted by atomic mass is 9.80. The number of benzene rings is 4. The maximum Gasteiger partial charge on any atom is 0.413 e. The van der Waals surface area contributed by atoms with Crippen molar-refractivity contribution in [1.29, 1.82) is 0 Å². The molecule has 7 heteroatoms. The van der Waals surface area contributed by atoms with Gasteiger partial charge in [-0.1, -0.05) is 109 Å². The highest BCUT2D eigenvalue weighted by molar-refractivity contribution is 5.95. The molecule has 4 aromatic carbocycles. The SMILES string of the molecule is CCn1c(NC(=O)OC(C)(C)C)c(CCC(=O)NOC(c2ccccc2)(c2ccccc2)c2ccccc2)c2ccccc21. The fraction of sp³-hybridized carbons (Fsp3) is 0.243. The molecule has 2 amide bonds. The van der Waals surface area contributed by atoms with Gasteiger partial charge in [-0.15, -0.1) is 0 Å². The summed E-state index contributed by atoms with van der Waals surface area (Å²) in [5.41, 5.74) is 5.55. The monoisotopic (exact) mass is 589 g/mol. The molecule has 0 saturated carbocycles. The van der Waals surface area contributed by atoms with Crippen LogP contribution in [-0.4, -0.2) is 22.2 Å². The average molecular weight is 590 g/mol. The molecule has 0 saturated heterocycles. The molecule has 5 aromatic rings. The van der Waals surface area contributed by atoms with Gasteiger partial charge in [-0.25, -0.2) is 10.3 Å². The van der Waals surface area contributed by atoms with Crippen LogP contribution in [0.5, 0.6) is 0 Å². The highest BCUT2D eigenvalue weighted by atomic mass is 16.7. The van der Waals surface area contributed by atoms with Crippen molar-refractivity contribution < 1.29 is 19.2 Å². The van der Waals surface area contributed by atoms with Crippen LogP contribution >= 0.6 is 0 Å². The van der Waals surface area contributed by atoms with Crippen molar-refractivity contribution in [3.63, 3.8) is 0 Å². The number of hydrogen-bond donors (Lipinski definition) is 2. The standard InChI is InChI=1S/C37H39N3O4/c1-5-40-32-24-16-15-23-30(32)31(34(40)38-35(42)43-36(2,3)4)25-26-33(41)39-44-37(27-17-9-6-10-18-27,28-19-11-7-12-20-28)29-21-13-8-14-22-29/h6-24H,5,25-26H2,1-4H3,(H,38,42)(H,39,41). The quantitative estimate of drug-likeness (QED) is 0.128. The van der Waals surface area contributed by atoms with Gasteiger partial charge >= 0.3 is 6.09 Å². The van der Waals surface area contributed by atoms with Crippen molar-refractivity contribution >= 4 is 28.7 Å². The van der Waals surface area contributed by atoms with E-state index in [0.717, 1.165) is 33.2 Å². The van der Waals surface area contributed by atoms with E-state index in [1.807, 2.05) is 148 Å². The summed E-state index contributed by atoms with van der Waals surface area (Å²) in [6.45, 7) is 8.14.